The summed E-state index contributed by atoms with van der Waals surface area (Å²) in [7, 11) is 0. The largest absolute Gasteiger partial charge is 0.487 e. The molecule has 0 saturated carbocycles. The second-order valence-corrected chi connectivity index (χ2v) is 5.15. The van der Waals surface area contributed by atoms with Crippen LogP contribution in [0.4, 0.5) is 0 Å². The third-order valence-electron chi connectivity index (χ3n) is 3.35. The van der Waals surface area contributed by atoms with Gasteiger partial charge in [0.1, 0.15) is 11.9 Å². The Morgan fingerprint density at radius 3 is 2.58 bits per heavy atom. The predicted molar refractivity (Wildman–Crippen MR) is 78.8 cm³/mol. The van der Waals surface area contributed by atoms with Crippen molar-refractivity contribution >= 4 is 11.6 Å². The lowest BCUT2D eigenvalue weighted by molar-refractivity contribution is 0.223. The van der Waals surface area contributed by atoms with E-state index >= 15 is 0 Å². The average Bonchev–Trinajstić information content (AvgIpc) is 2.95. The van der Waals surface area contributed by atoms with Gasteiger partial charge in [-0.1, -0.05) is 48.0 Å². The Bertz CT molecular complexity index is 550. The normalized spacial score (nSPS) is 18.5. The first kappa shape index (κ1) is 12.5. The third-order valence-corrected chi connectivity index (χ3v) is 3.64. The van der Waals surface area contributed by atoms with Crippen molar-refractivity contribution in [2.24, 2.45) is 0 Å². The molecular weight excluding hydrogens is 258 g/mol. The van der Waals surface area contributed by atoms with Gasteiger partial charge in [-0.2, -0.15) is 0 Å². The van der Waals surface area contributed by atoms with E-state index < -0.39 is 0 Å². The van der Waals surface area contributed by atoms with E-state index in [0.717, 1.165) is 30.8 Å². The van der Waals surface area contributed by atoms with Crippen molar-refractivity contribution in [3.05, 3.63) is 53.6 Å². The van der Waals surface area contributed by atoms with Crippen LogP contribution in [-0.4, -0.2) is 19.2 Å². The fourth-order valence-corrected chi connectivity index (χ4v) is 2.54. The van der Waals surface area contributed by atoms with Crippen LogP contribution in [0.25, 0.3) is 11.1 Å². The zero-order valence-corrected chi connectivity index (χ0v) is 11.4. The second-order valence-electron chi connectivity index (χ2n) is 4.74. The fraction of sp³-hybridized carbons (Fsp3) is 0.250. The van der Waals surface area contributed by atoms with Gasteiger partial charge in [-0.05, 0) is 36.2 Å². The highest BCUT2D eigenvalue weighted by molar-refractivity contribution is 6.32. The molecule has 0 radical (unpaired) electrons. The molecule has 0 spiro atoms. The number of benzene rings is 2. The Morgan fingerprint density at radius 2 is 1.89 bits per heavy atom. The third kappa shape index (κ3) is 2.91. The molecule has 2 nitrogen and oxygen atoms in total. The number of nitrogens with one attached hydrogen (secondary N) is 1. The molecule has 1 fully saturated rings. The van der Waals surface area contributed by atoms with Gasteiger partial charge in [0, 0.05) is 6.54 Å². The van der Waals surface area contributed by atoms with E-state index in [1.807, 2.05) is 30.3 Å². The van der Waals surface area contributed by atoms with Crippen LogP contribution in [0.1, 0.15) is 6.42 Å². The molecular formula is C16H16ClNO. The van der Waals surface area contributed by atoms with Gasteiger partial charge in [0.2, 0.25) is 0 Å². The number of rotatable bonds is 3. The van der Waals surface area contributed by atoms with Crippen LogP contribution < -0.4 is 10.1 Å². The van der Waals surface area contributed by atoms with Gasteiger partial charge in [-0.3, -0.25) is 0 Å². The molecule has 0 aromatic heterocycles. The van der Waals surface area contributed by atoms with Crippen LogP contribution >= 0.6 is 11.6 Å². The van der Waals surface area contributed by atoms with E-state index in [0.29, 0.717) is 5.02 Å². The Labute approximate surface area is 118 Å². The molecule has 1 aliphatic heterocycles. The number of halogens is 1. The molecule has 2 aromatic carbocycles. The SMILES string of the molecule is Clc1cc(-c2ccccc2)ccc1OC1CCNC1. The van der Waals surface area contributed by atoms with Crippen molar-refractivity contribution in [1.82, 2.24) is 5.32 Å². The Kier molecular flexibility index (Phi) is 3.72. The molecule has 1 saturated heterocycles. The Hall–Kier alpha value is -1.51. The van der Waals surface area contributed by atoms with Gasteiger partial charge in [0.25, 0.3) is 0 Å². The molecule has 0 amide bonds. The zero-order chi connectivity index (χ0) is 13.1. The van der Waals surface area contributed by atoms with Crippen LogP contribution in [-0.2, 0) is 0 Å². The molecule has 1 aliphatic rings. The highest BCUT2D eigenvalue weighted by Crippen LogP contribution is 2.31. The van der Waals surface area contributed by atoms with Crippen LogP contribution in [0.5, 0.6) is 5.75 Å². The first-order valence-corrected chi connectivity index (χ1v) is 6.93. The van der Waals surface area contributed by atoms with Gasteiger partial charge in [0.15, 0.2) is 0 Å². The highest BCUT2D eigenvalue weighted by atomic mass is 35.5. The number of hydrogen-bond donors (Lipinski definition) is 1. The Balaban J connectivity index is 1.81. The van der Waals surface area contributed by atoms with E-state index in [1.54, 1.807) is 0 Å². The lowest BCUT2D eigenvalue weighted by atomic mass is 10.1. The smallest absolute Gasteiger partial charge is 0.138 e. The summed E-state index contributed by atoms with van der Waals surface area (Å²) in [4.78, 5) is 0. The first-order valence-electron chi connectivity index (χ1n) is 6.55. The minimum Gasteiger partial charge on any atom is -0.487 e. The summed E-state index contributed by atoms with van der Waals surface area (Å²) in [6, 6.07) is 16.2. The van der Waals surface area contributed by atoms with Gasteiger partial charge in [-0.15, -0.1) is 0 Å². The standard InChI is InChI=1S/C16H16ClNO/c17-15-10-13(12-4-2-1-3-5-12)6-7-16(15)19-14-8-9-18-11-14/h1-7,10,14,18H,8-9,11H2. The van der Waals surface area contributed by atoms with Crippen LogP contribution in [0.3, 0.4) is 0 Å². The molecule has 0 aliphatic carbocycles. The van der Waals surface area contributed by atoms with Gasteiger partial charge >= 0.3 is 0 Å². The minimum atomic E-state index is 0.236. The molecule has 1 heterocycles. The summed E-state index contributed by atoms with van der Waals surface area (Å²) in [5.41, 5.74) is 2.28. The van der Waals surface area contributed by atoms with Crippen molar-refractivity contribution < 1.29 is 4.74 Å². The fourth-order valence-electron chi connectivity index (χ4n) is 2.31. The zero-order valence-electron chi connectivity index (χ0n) is 10.6. The molecule has 3 rings (SSSR count). The molecule has 3 heteroatoms. The van der Waals surface area contributed by atoms with Crippen molar-refractivity contribution in [3.8, 4) is 16.9 Å². The topological polar surface area (TPSA) is 21.3 Å². The monoisotopic (exact) mass is 273 g/mol. The summed E-state index contributed by atoms with van der Waals surface area (Å²) in [5.74, 6) is 0.773. The second kappa shape index (κ2) is 5.64. The van der Waals surface area contributed by atoms with E-state index in [4.69, 9.17) is 16.3 Å². The first-order chi connectivity index (χ1) is 9.33. The predicted octanol–water partition coefficient (Wildman–Crippen LogP) is 3.75. The van der Waals surface area contributed by atoms with Crippen molar-refractivity contribution in [2.45, 2.75) is 12.5 Å². The molecule has 19 heavy (non-hydrogen) atoms. The van der Waals surface area contributed by atoms with Crippen molar-refractivity contribution in [3.63, 3.8) is 0 Å². The van der Waals surface area contributed by atoms with E-state index in [2.05, 4.69) is 23.5 Å². The maximum atomic E-state index is 6.31. The minimum absolute atomic E-state index is 0.236. The van der Waals surface area contributed by atoms with Crippen LogP contribution in [0.2, 0.25) is 5.02 Å². The lowest BCUT2D eigenvalue weighted by Crippen LogP contribution is -2.19. The summed E-state index contributed by atoms with van der Waals surface area (Å²) < 4.78 is 5.90. The molecule has 1 atom stereocenters. The van der Waals surface area contributed by atoms with Crippen molar-refractivity contribution in [2.75, 3.05) is 13.1 Å². The quantitative estimate of drug-likeness (QED) is 0.920. The van der Waals surface area contributed by atoms with E-state index in [9.17, 15) is 0 Å². The van der Waals surface area contributed by atoms with Gasteiger partial charge < -0.3 is 10.1 Å². The summed E-state index contributed by atoms with van der Waals surface area (Å²) >= 11 is 6.31. The lowest BCUT2D eigenvalue weighted by Gasteiger charge is -2.14. The summed E-state index contributed by atoms with van der Waals surface area (Å²) in [6.07, 6.45) is 1.27. The average molecular weight is 274 g/mol. The van der Waals surface area contributed by atoms with Gasteiger partial charge in [0.05, 0.1) is 5.02 Å². The Morgan fingerprint density at radius 1 is 1.05 bits per heavy atom. The molecule has 1 unspecified atom stereocenters. The van der Waals surface area contributed by atoms with E-state index in [1.165, 1.54) is 5.56 Å². The maximum Gasteiger partial charge on any atom is 0.138 e. The van der Waals surface area contributed by atoms with Crippen LogP contribution in [0.15, 0.2) is 48.5 Å². The van der Waals surface area contributed by atoms with E-state index in [-0.39, 0.29) is 6.10 Å². The highest BCUT2D eigenvalue weighted by Gasteiger charge is 2.17. The van der Waals surface area contributed by atoms with Crippen molar-refractivity contribution in [1.29, 1.82) is 0 Å². The summed E-state index contributed by atoms with van der Waals surface area (Å²) in [6.45, 7) is 1.92. The molecule has 0 bridgehead atoms. The van der Waals surface area contributed by atoms with Gasteiger partial charge in [-0.25, -0.2) is 0 Å². The number of hydrogen-bond acceptors (Lipinski definition) is 2. The van der Waals surface area contributed by atoms with Crippen LogP contribution in [0, 0.1) is 0 Å². The summed E-state index contributed by atoms with van der Waals surface area (Å²) in [5, 5.41) is 3.96. The number of ether oxygens (including phenoxy) is 1. The molecule has 98 valence electrons. The maximum absolute atomic E-state index is 6.31. The molecule has 1 N–H and O–H groups in total. The molecule has 2 aromatic rings.